The van der Waals surface area contributed by atoms with Gasteiger partial charge in [-0.2, -0.15) is 4.98 Å². The zero-order valence-electron chi connectivity index (χ0n) is 23.6. The minimum atomic E-state index is -3.80. The molecule has 2 fully saturated rings. The van der Waals surface area contributed by atoms with Gasteiger partial charge in [0, 0.05) is 37.1 Å². The second-order valence-corrected chi connectivity index (χ2v) is 13.4. The van der Waals surface area contributed by atoms with Crippen LogP contribution in [0.3, 0.4) is 0 Å². The molecule has 0 atom stereocenters. The van der Waals surface area contributed by atoms with Crippen molar-refractivity contribution in [2.45, 2.75) is 55.5 Å². The van der Waals surface area contributed by atoms with Gasteiger partial charge in [0.2, 0.25) is 21.9 Å². The molecule has 6 rings (SSSR count). The van der Waals surface area contributed by atoms with Crippen molar-refractivity contribution in [2.75, 3.05) is 42.0 Å². The number of anilines is 4. The molecule has 0 spiro atoms. The zero-order valence-corrected chi connectivity index (χ0v) is 26.0. The third-order valence-corrected chi connectivity index (χ3v) is 10.4. The predicted octanol–water partition coefficient (Wildman–Crippen LogP) is 4.93. The molecular weight excluding hydrogens is 613 g/mol. The summed E-state index contributed by atoms with van der Waals surface area (Å²) in [6.07, 6.45) is 6.92. The van der Waals surface area contributed by atoms with Crippen LogP contribution in [0.25, 0.3) is 0 Å². The Hall–Kier alpha value is -3.16. The molecule has 1 aromatic heterocycles. The second-order valence-electron chi connectivity index (χ2n) is 10.9. The van der Waals surface area contributed by atoms with Crippen LogP contribution in [-0.2, 0) is 10.0 Å². The van der Waals surface area contributed by atoms with Crippen molar-refractivity contribution >= 4 is 62.1 Å². The summed E-state index contributed by atoms with van der Waals surface area (Å²) in [6, 6.07) is 10.6. The van der Waals surface area contributed by atoms with Crippen LogP contribution in [-0.4, -0.2) is 63.2 Å². The number of halogens is 2. The lowest BCUT2D eigenvalue weighted by Gasteiger charge is -2.34. The molecule has 0 bridgehead atoms. The summed E-state index contributed by atoms with van der Waals surface area (Å²) in [6.45, 7) is 1.36. The van der Waals surface area contributed by atoms with E-state index in [0.29, 0.717) is 33.1 Å². The minimum Gasteiger partial charge on any atom is -0.455 e. The molecule has 11 nitrogen and oxygen atoms in total. The number of hydrogen-bond acceptors (Lipinski definition) is 9. The largest absolute Gasteiger partial charge is 0.455 e. The molecule has 2 aliphatic heterocycles. The van der Waals surface area contributed by atoms with Crippen LogP contribution in [0, 0.1) is 0 Å². The molecule has 3 aliphatic rings. The van der Waals surface area contributed by atoms with E-state index in [-0.39, 0.29) is 35.1 Å². The van der Waals surface area contributed by atoms with Gasteiger partial charge in [0.15, 0.2) is 6.73 Å². The summed E-state index contributed by atoms with van der Waals surface area (Å²) >= 11 is 12.6. The lowest BCUT2D eigenvalue weighted by Crippen LogP contribution is -2.42. The Morgan fingerprint density at radius 1 is 1.00 bits per heavy atom. The highest BCUT2D eigenvalue weighted by atomic mass is 35.5. The molecule has 43 heavy (non-hydrogen) atoms. The highest BCUT2D eigenvalue weighted by molar-refractivity contribution is 7.89. The van der Waals surface area contributed by atoms with Gasteiger partial charge in [0.05, 0.1) is 21.4 Å². The number of carbonyl (C=O) groups is 1. The molecule has 1 saturated heterocycles. The third kappa shape index (κ3) is 6.25. The van der Waals surface area contributed by atoms with Crippen molar-refractivity contribution in [3.05, 3.63) is 58.2 Å². The Bertz CT molecular complexity index is 1610. The number of fused-ring (bicyclic) bond motifs is 1. The molecule has 3 heterocycles. The van der Waals surface area contributed by atoms with Crippen LogP contribution in [0.4, 0.5) is 23.0 Å². The molecule has 1 saturated carbocycles. The SMILES string of the molecule is CNC1CCN(c2ccc(Nc3ncc4c(n3)OCN(c3c(Cl)cccc3Cl)C4=O)cc2S(=O)(=O)NC2CCCC2)CC1. The van der Waals surface area contributed by atoms with Crippen LogP contribution >= 0.6 is 23.2 Å². The molecule has 2 aromatic carbocycles. The van der Waals surface area contributed by atoms with Gasteiger partial charge in [-0.15, -0.1) is 0 Å². The lowest BCUT2D eigenvalue weighted by molar-refractivity contribution is 0.0932. The van der Waals surface area contributed by atoms with Gasteiger partial charge in [-0.25, -0.2) is 18.1 Å². The summed E-state index contributed by atoms with van der Waals surface area (Å²) in [5.74, 6) is -0.146. The van der Waals surface area contributed by atoms with Gasteiger partial charge in [-0.1, -0.05) is 42.1 Å². The van der Waals surface area contributed by atoms with Crippen molar-refractivity contribution in [1.29, 1.82) is 0 Å². The van der Waals surface area contributed by atoms with E-state index in [1.54, 1.807) is 24.3 Å². The fourth-order valence-electron chi connectivity index (χ4n) is 5.86. The number of hydrogen-bond donors (Lipinski definition) is 3. The summed E-state index contributed by atoms with van der Waals surface area (Å²) in [5, 5.41) is 7.04. The van der Waals surface area contributed by atoms with Crippen LogP contribution in [0.1, 0.15) is 48.9 Å². The zero-order chi connectivity index (χ0) is 30.1. The molecule has 1 amide bonds. The molecule has 1 aliphatic carbocycles. The van der Waals surface area contributed by atoms with Crippen LogP contribution in [0.5, 0.6) is 5.88 Å². The van der Waals surface area contributed by atoms with E-state index < -0.39 is 15.9 Å². The molecule has 3 N–H and O–H groups in total. The van der Waals surface area contributed by atoms with E-state index in [0.717, 1.165) is 51.6 Å². The first-order chi connectivity index (χ1) is 20.7. The predicted molar refractivity (Wildman–Crippen MR) is 167 cm³/mol. The number of aromatic nitrogens is 2. The molecule has 228 valence electrons. The van der Waals surface area contributed by atoms with Gasteiger partial charge in [0.25, 0.3) is 5.91 Å². The third-order valence-electron chi connectivity index (χ3n) is 8.19. The maximum atomic E-state index is 13.7. The Morgan fingerprint density at radius 3 is 2.42 bits per heavy atom. The van der Waals surface area contributed by atoms with Gasteiger partial charge in [-0.3, -0.25) is 9.69 Å². The number of nitrogens with zero attached hydrogens (tertiary/aromatic N) is 4. The monoisotopic (exact) mass is 645 g/mol. The number of piperidine rings is 1. The second kappa shape index (κ2) is 12.4. The van der Waals surface area contributed by atoms with E-state index in [9.17, 15) is 13.2 Å². The molecule has 14 heteroatoms. The maximum Gasteiger partial charge on any atom is 0.268 e. The number of nitrogens with one attached hydrogen (secondary N) is 3. The standard InChI is InChI=1S/C29H33Cl2N7O4S/c1-32-18-11-13-37(14-12-18)24-10-9-20(15-25(24)43(40,41)36-19-5-2-3-6-19)34-29-33-16-21-27(35-29)42-17-38(28(21)39)26-22(30)7-4-8-23(26)31/h4,7-10,15-16,18-19,32,36H,2-3,5-6,11-14,17H2,1H3,(H,33,34,35). The first-order valence-corrected chi connectivity index (χ1v) is 16.6. The van der Waals surface area contributed by atoms with E-state index in [1.165, 1.54) is 11.1 Å². The summed E-state index contributed by atoms with van der Waals surface area (Å²) < 4.78 is 36.1. The summed E-state index contributed by atoms with van der Waals surface area (Å²) in [4.78, 5) is 25.6. The van der Waals surface area contributed by atoms with Crippen molar-refractivity contribution in [3.8, 4) is 5.88 Å². The van der Waals surface area contributed by atoms with E-state index in [1.807, 2.05) is 19.2 Å². The highest BCUT2D eigenvalue weighted by Gasteiger charge is 2.32. The first kappa shape index (κ1) is 29.9. The number of rotatable bonds is 8. The van der Waals surface area contributed by atoms with Crippen molar-refractivity contribution in [3.63, 3.8) is 0 Å². The Labute approximate surface area is 261 Å². The Morgan fingerprint density at radius 2 is 1.72 bits per heavy atom. The summed E-state index contributed by atoms with van der Waals surface area (Å²) in [7, 11) is -1.85. The Balaban J connectivity index is 1.26. The van der Waals surface area contributed by atoms with Gasteiger partial charge in [-0.05, 0) is 63.1 Å². The van der Waals surface area contributed by atoms with Gasteiger partial charge in [0.1, 0.15) is 10.5 Å². The molecular formula is C29H33Cl2N7O4S. The average Bonchev–Trinajstić information content (AvgIpc) is 3.50. The topological polar surface area (TPSA) is 129 Å². The van der Waals surface area contributed by atoms with E-state index in [4.69, 9.17) is 27.9 Å². The van der Waals surface area contributed by atoms with Gasteiger partial charge >= 0.3 is 0 Å². The quantitative estimate of drug-likeness (QED) is 0.312. The van der Waals surface area contributed by atoms with Gasteiger partial charge < -0.3 is 20.3 Å². The van der Waals surface area contributed by atoms with Crippen molar-refractivity contribution < 1.29 is 17.9 Å². The van der Waals surface area contributed by atoms with E-state index in [2.05, 4.69) is 30.2 Å². The number of sulfonamides is 1. The van der Waals surface area contributed by atoms with Crippen molar-refractivity contribution in [2.24, 2.45) is 0 Å². The minimum absolute atomic E-state index is 0.0663. The normalized spacial score (nSPS) is 18.1. The highest BCUT2D eigenvalue weighted by Crippen LogP contribution is 2.37. The fraction of sp³-hybridized carbons (Fsp3) is 0.414. The Kier molecular flexibility index (Phi) is 8.65. The smallest absolute Gasteiger partial charge is 0.268 e. The number of carbonyl (C=O) groups excluding carboxylic acids is 1. The molecule has 3 aromatic rings. The number of para-hydroxylation sites is 1. The summed E-state index contributed by atoms with van der Waals surface area (Å²) in [5.41, 5.74) is 1.66. The van der Waals surface area contributed by atoms with E-state index >= 15 is 0 Å². The van der Waals surface area contributed by atoms with Crippen LogP contribution in [0.2, 0.25) is 10.0 Å². The van der Waals surface area contributed by atoms with Crippen molar-refractivity contribution in [1.82, 2.24) is 20.0 Å². The lowest BCUT2D eigenvalue weighted by atomic mass is 10.0. The first-order valence-electron chi connectivity index (χ1n) is 14.3. The van der Waals surface area contributed by atoms with Crippen LogP contribution in [0.15, 0.2) is 47.5 Å². The average molecular weight is 647 g/mol. The molecule has 0 radical (unpaired) electrons. The number of benzene rings is 2. The maximum absolute atomic E-state index is 13.7. The molecule has 0 unspecified atom stereocenters. The number of amides is 1. The number of ether oxygens (including phenoxy) is 1. The fourth-order valence-corrected chi connectivity index (χ4v) is 8.02. The van der Waals surface area contributed by atoms with Crippen LogP contribution < -0.4 is 29.9 Å².